The molecule has 0 bridgehead atoms. The molecule has 1 aromatic carbocycles. The SMILES string of the molecule is CNCC1CCCCN1C(=O)c1ccccc1F. The fourth-order valence-electron chi connectivity index (χ4n) is 2.51. The molecule has 18 heavy (non-hydrogen) atoms. The van der Waals surface area contributed by atoms with Gasteiger partial charge in [-0.2, -0.15) is 0 Å². The molecule has 1 aliphatic rings. The van der Waals surface area contributed by atoms with Crippen LogP contribution in [0.1, 0.15) is 29.6 Å². The lowest BCUT2D eigenvalue weighted by molar-refractivity contribution is 0.0610. The summed E-state index contributed by atoms with van der Waals surface area (Å²) in [5.41, 5.74) is 0.181. The number of carbonyl (C=O) groups is 1. The first-order valence-corrected chi connectivity index (χ1v) is 6.44. The smallest absolute Gasteiger partial charge is 0.257 e. The number of rotatable bonds is 3. The molecule has 0 aromatic heterocycles. The molecule has 1 heterocycles. The number of nitrogens with zero attached hydrogens (tertiary/aromatic N) is 1. The van der Waals surface area contributed by atoms with Gasteiger partial charge in [-0.25, -0.2) is 4.39 Å². The van der Waals surface area contributed by atoms with Gasteiger partial charge in [-0.15, -0.1) is 0 Å². The van der Waals surface area contributed by atoms with Crippen LogP contribution in [0.3, 0.4) is 0 Å². The zero-order valence-electron chi connectivity index (χ0n) is 10.7. The summed E-state index contributed by atoms with van der Waals surface area (Å²) in [6.45, 7) is 1.49. The fraction of sp³-hybridized carbons (Fsp3) is 0.500. The minimum Gasteiger partial charge on any atom is -0.334 e. The molecule has 0 spiro atoms. The standard InChI is InChI=1S/C14H19FN2O/c1-16-10-11-6-4-5-9-17(11)14(18)12-7-2-3-8-13(12)15/h2-3,7-8,11,16H,4-6,9-10H2,1H3. The maximum Gasteiger partial charge on any atom is 0.257 e. The number of benzene rings is 1. The van der Waals surface area contributed by atoms with Crippen LogP contribution in [-0.4, -0.2) is 37.0 Å². The molecule has 1 atom stereocenters. The molecule has 2 rings (SSSR count). The van der Waals surface area contributed by atoms with Crippen molar-refractivity contribution in [2.24, 2.45) is 0 Å². The van der Waals surface area contributed by atoms with Gasteiger partial charge in [0, 0.05) is 19.1 Å². The molecule has 1 fully saturated rings. The number of hydrogen-bond donors (Lipinski definition) is 1. The summed E-state index contributed by atoms with van der Waals surface area (Å²) in [7, 11) is 1.88. The average Bonchev–Trinajstić information content (AvgIpc) is 2.40. The summed E-state index contributed by atoms with van der Waals surface area (Å²) in [4.78, 5) is 14.2. The Hall–Kier alpha value is -1.42. The predicted molar refractivity (Wildman–Crippen MR) is 69.0 cm³/mol. The summed E-state index contributed by atoms with van der Waals surface area (Å²) in [5, 5.41) is 3.10. The number of hydrogen-bond acceptors (Lipinski definition) is 2. The van der Waals surface area contributed by atoms with E-state index in [1.807, 2.05) is 7.05 Å². The third-order valence-corrected chi connectivity index (χ3v) is 3.43. The summed E-state index contributed by atoms with van der Waals surface area (Å²) in [6.07, 6.45) is 3.12. The Morgan fingerprint density at radius 3 is 2.94 bits per heavy atom. The Bertz CT molecular complexity index is 420. The number of amides is 1. The Morgan fingerprint density at radius 2 is 2.22 bits per heavy atom. The average molecular weight is 250 g/mol. The minimum atomic E-state index is -0.434. The van der Waals surface area contributed by atoms with E-state index in [2.05, 4.69) is 5.32 Å². The van der Waals surface area contributed by atoms with Crippen molar-refractivity contribution in [3.8, 4) is 0 Å². The van der Waals surface area contributed by atoms with Gasteiger partial charge in [-0.05, 0) is 38.4 Å². The molecule has 0 saturated carbocycles. The molecule has 1 amide bonds. The first kappa shape index (κ1) is 13.0. The Morgan fingerprint density at radius 1 is 1.44 bits per heavy atom. The molecular weight excluding hydrogens is 231 g/mol. The molecule has 3 nitrogen and oxygen atoms in total. The Labute approximate surface area is 107 Å². The highest BCUT2D eigenvalue weighted by atomic mass is 19.1. The van der Waals surface area contributed by atoms with Crippen LogP contribution in [0.25, 0.3) is 0 Å². The van der Waals surface area contributed by atoms with Crippen LogP contribution in [0, 0.1) is 5.82 Å². The maximum absolute atomic E-state index is 13.6. The number of likely N-dealkylation sites (N-methyl/N-ethyl adjacent to an activating group) is 1. The summed E-state index contributed by atoms with van der Waals surface area (Å²) in [6, 6.07) is 6.38. The third-order valence-electron chi connectivity index (χ3n) is 3.43. The zero-order chi connectivity index (χ0) is 13.0. The van der Waals surface area contributed by atoms with E-state index < -0.39 is 5.82 Å². The van der Waals surface area contributed by atoms with Gasteiger partial charge in [-0.3, -0.25) is 4.79 Å². The minimum absolute atomic E-state index is 0.177. The normalized spacial score (nSPS) is 19.9. The van der Waals surface area contributed by atoms with E-state index in [4.69, 9.17) is 0 Å². The molecule has 1 aliphatic heterocycles. The van der Waals surface area contributed by atoms with Gasteiger partial charge in [0.25, 0.3) is 5.91 Å². The highest BCUT2D eigenvalue weighted by Gasteiger charge is 2.28. The Balaban J connectivity index is 2.18. The lowest BCUT2D eigenvalue weighted by Crippen LogP contribution is -2.48. The topological polar surface area (TPSA) is 32.3 Å². The largest absolute Gasteiger partial charge is 0.334 e. The third kappa shape index (κ3) is 2.70. The maximum atomic E-state index is 13.6. The first-order chi connectivity index (χ1) is 8.74. The van der Waals surface area contributed by atoms with Gasteiger partial charge < -0.3 is 10.2 Å². The summed E-state index contributed by atoms with van der Waals surface area (Å²) >= 11 is 0. The summed E-state index contributed by atoms with van der Waals surface area (Å²) < 4.78 is 13.6. The monoisotopic (exact) mass is 250 g/mol. The van der Waals surface area contributed by atoms with Crippen LogP contribution in [0.4, 0.5) is 4.39 Å². The molecule has 1 aromatic rings. The number of likely N-dealkylation sites (tertiary alicyclic amines) is 1. The molecule has 0 radical (unpaired) electrons. The quantitative estimate of drug-likeness (QED) is 0.890. The van der Waals surface area contributed by atoms with Gasteiger partial charge in [0.15, 0.2) is 0 Å². The van der Waals surface area contributed by atoms with Gasteiger partial charge >= 0.3 is 0 Å². The van der Waals surface area contributed by atoms with Crippen molar-refractivity contribution >= 4 is 5.91 Å². The van der Waals surface area contributed by atoms with Crippen LogP contribution in [0.5, 0.6) is 0 Å². The van der Waals surface area contributed by atoms with Crippen molar-refractivity contribution in [3.63, 3.8) is 0 Å². The highest BCUT2D eigenvalue weighted by Crippen LogP contribution is 2.20. The number of nitrogens with one attached hydrogen (secondary N) is 1. The van der Waals surface area contributed by atoms with E-state index in [1.165, 1.54) is 6.07 Å². The van der Waals surface area contributed by atoms with Crippen LogP contribution < -0.4 is 5.32 Å². The van der Waals surface area contributed by atoms with E-state index >= 15 is 0 Å². The number of halogens is 1. The van der Waals surface area contributed by atoms with Crippen LogP contribution >= 0.6 is 0 Å². The van der Waals surface area contributed by atoms with Crippen molar-refractivity contribution in [2.75, 3.05) is 20.1 Å². The zero-order valence-corrected chi connectivity index (χ0v) is 10.7. The van der Waals surface area contributed by atoms with Crippen molar-refractivity contribution in [2.45, 2.75) is 25.3 Å². The molecule has 4 heteroatoms. The van der Waals surface area contributed by atoms with E-state index in [0.717, 1.165) is 32.4 Å². The molecule has 1 unspecified atom stereocenters. The second-order valence-electron chi connectivity index (χ2n) is 4.69. The van der Waals surface area contributed by atoms with Gasteiger partial charge in [0.2, 0.25) is 0 Å². The van der Waals surface area contributed by atoms with Crippen molar-refractivity contribution in [3.05, 3.63) is 35.6 Å². The lowest BCUT2D eigenvalue weighted by atomic mass is 10.0. The highest BCUT2D eigenvalue weighted by molar-refractivity contribution is 5.94. The van der Waals surface area contributed by atoms with Crippen molar-refractivity contribution < 1.29 is 9.18 Å². The Kier molecular flexibility index (Phi) is 4.31. The molecular formula is C14H19FN2O. The summed E-state index contributed by atoms with van der Waals surface area (Å²) in [5.74, 6) is -0.621. The number of carbonyl (C=O) groups excluding carboxylic acids is 1. The van der Waals surface area contributed by atoms with E-state index in [-0.39, 0.29) is 17.5 Å². The van der Waals surface area contributed by atoms with E-state index in [9.17, 15) is 9.18 Å². The van der Waals surface area contributed by atoms with Crippen molar-refractivity contribution in [1.29, 1.82) is 0 Å². The van der Waals surface area contributed by atoms with Gasteiger partial charge in [0.1, 0.15) is 5.82 Å². The molecule has 1 saturated heterocycles. The lowest BCUT2D eigenvalue weighted by Gasteiger charge is -2.35. The molecule has 1 N–H and O–H groups in total. The van der Waals surface area contributed by atoms with Gasteiger partial charge in [0.05, 0.1) is 5.56 Å². The first-order valence-electron chi connectivity index (χ1n) is 6.44. The second kappa shape index (κ2) is 5.96. The number of piperidine rings is 1. The van der Waals surface area contributed by atoms with E-state index in [1.54, 1.807) is 23.1 Å². The van der Waals surface area contributed by atoms with Crippen LogP contribution in [0.2, 0.25) is 0 Å². The van der Waals surface area contributed by atoms with E-state index in [0.29, 0.717) is 0 Å². The molecule has 0 aliphatic carbocycles. The second-order valence-corrected chi connectivity index (χ2v) is 4.69. The molecule has 98 valence electrons. The van der Waals surface area contributed by atoms with Crippen LogP contribution in [0.15, 0.2) is 24.3 Å². The van der Waals surface area contributed by atoms with Crippen molar-refractivity contribution in [1.82, 2.24) is 10.2 Å². The van der Waals surface area contributed by atoms with Crippen LogP contribution in [-0.2, 0) is 0 Å². The van der Waals surface area contributed by atoms with Gasteiger partial charge in [-0.1, -0.05) is 12.1 Å². The fourth-order valence-corrected chi connectivity index (χ4v) is 2.51. The predicted octanol–water partition coefficient (Wildman–Crippen LogP) is 2.04.